The van der Waals surface area contributed by atoms with Gasteiger partial charge in [0, 0.05) is 34.7 Å². The molecule has 0 N–H and O–H groups in total. The van der Waals surface area contributed by atoms with Crippen LogP contribution in [0.4, 0.5) is 4.39 Å². The van der Waals surface area contributed by atoms with Gasteiger partial charge in [-0.2, -0.15) is 0 Å². The Bertz CT molecular complexity index is 709. The molecule has 2 aromatic rings. The summed E-state index contributed by atoms with van der Waals surface area (Å²) in [5.74, 6) is 2.89. The van der Waals surface area contributed by atoms with Crippen LogP contribution in [0.25, 0.3) is 11.4 Å². The highest BCUT2D eigenvalue weighted by atomic mass is 127. The molecule has 4 nitrogen and oxygen atoms in total. The van der Waals surface area contributed by atoms with Crippen LogP contribution in [0, 0.1) is 15.7 Å². The summed E-state index contributed by atoms with van der Waals surface area (Å²) in [6.45, 7) is 2.56. The standard InChI is InChI=1S/C13H11FIN3O/c1-2-17-12(10-5-3-6-11(14)9-10)16-18(13(17)19)8-4-7-15/h3,5-6,9H,2,8H2,1H3. The van der Waals surface area contributed by atoms with E-state index in [0.29, 0.717) is 17.9 Å². The van der Waals surface area contributed by atoms with Crippen molar-refractivity contribution in [1.29, 1.82) is 0 Å². The summed E-state index contributed by atoms with van der Waals surface area (Å²) in [4.78, 5) is 12.1. The molecule has 1 aromatic heterocycles. The second-order valence-electron chi connectivity index (χ2n) is 3.79. The molecule has 1 aromatic carbocycles. The van der Waals surface area contributed by atoms with Crippen molar-refractivity contribution >= 4 is 22.6 Å². The molecule has 19 heavy (non-hydrogen) atoms. The maximum Gasteiger partial charge on any atom is 0.347 e. The van der Waals surface area contributed by atoms with Crippen LogP contribution in [0.5, 0.6) is 0 Å². The molecule has 0 saturated heterocycles. The van der Waals surface area contributed by atoms with Crippen LogP contribution in [0.3, 0.4) is 0 Å². The van der Waals surface area contributed by atoms with Crippen LogP contribution in [0.15, 0.2) is 29.1 Å². The van der Waals surface area contributed by atoms with Gasteiger partial charge in [0.2, 0.25) is 0 Å². The third-order valence-corrected chi connectivity index (χ3v) is 3.00. The van der Waals surface area contributed by atoms with Crippen molar-refractivity contribution in [1.82, 2.24) is 14.3 Å². The number of hydrogen-bond donors (Lipinski definition) is 0. The highest BCUT2D eigenvalue weighted by molar-refractivity contribution is 14.1. The summed E-state index contributed by atoms with van der Waals surface area (Å²) in [5.41, 5.74) is 0.348. The van der Waals surface area contributed by atoms with Crippen LogP contribution < -0.4 is 5.69 Å². The highest BCUT2D eigenvalue weighted by Gasteiger charge is 2.13. The van der Waals surface area contributed by atoms with E-state index in [0.717, 1.165) is 0 Å². The molecule has 0 amide bonds. The second kappa shape index (κ2) is 6.02. The first-order valence-corrected chi connectivity index (χ1v) is 6.77. The minimum absolute atomic E-state index is 0.233. The van der Waals surface area contributed by atoms with Gasteiger partial charge in [0.1, 0.15) is 12.4 Å². The van der Waals surface area contributed by atoms with Gasteiger partial charge in [-0.15, -0.1) is 5.10 Å². The number of rotatable bonds is 3. The molecule has 6 heteroatoms. The van der Waals surface area contributed by atoms with Crippen LogP contribution in [-0.4, -0.2) is 14.3 Å². The van der Waals surface area contributed by atoms with Crippen molar-refractivity contribution in [2.45, 2.75) is 20.0 Å². The maximum atomic E-state index is 13.3. The zero-order chi connectivity index (χ0) is 13.8. The smallest absolute Gasteiger partial charge is 0.275 e. The van der Waals surface area contributed by atoms with Gasteiger partial charge < -0.3 is 0 Å². The maximum absolute atomic E-state index is 13.3. The lowest BCUT2D eigenvalue weighted by Gasteiger charge is -2.01. The van der Waals surface area contributed by atoms with Crippen LogP contribution in [-0.2, 0) is 13.1 Å². The normalized spacial score (nSPS) is 10.1. The van der Waals surface area contributed by atoms with Crippen molar-refractivity contribution in [3.8, 4) is 21.2 Å². The van der Waals surface area contributed by atoms with Gasteiger partial charge in [-0.3, -0.25) is 4.57 Å². The predicted molar refractivity (Wildman–Crippen MR) is 79.4 cm³/mol. The molecule has 0 unspecified atom stereocenters. The van der Waals surface area contributed by atoms with E-state index in [4.69, 9.17) is 0 Å². The summed E-state index contributed by atoms with van der Waals surface area (Å²) < 4.78 is 18.7. The molecule has 0 atom stereocenters. The average Bonchev–Trinajstić information content (AvgIpc) is 2.73. The van der Waals surface area contributed by atoms with Crippen molar-refractivity contribution in [3.63, 3.8) is 0 Å². The van der Waals surface area contributed by atoms with E-state index in [1.807, 2.05) is 29.5 Å². The van der Waals surface area contributed by atoms with E-state index >= 15 is 0 Å². The van der Waals surface area contributed by atoms with Gasteiger partial charge in [-0.25, -0.2) is 13.9 Å². The fraction of sp³-hybridized carbons (Fsp3) is 0.231. The fourth-order valence-electron chi connectivity index (χ4n) is 1.77. The Morgan fingerprint density at radius 1 is 1.47 bits per heavy atom. The topological polar surface area (TPSA) is 39.8 Å². The number of halogens is 2. The minimum atomic E-state index is -0.353. The van der Waals surface area contributed by atoms with Crippen molar-refractivity contribution in [2.75, 3.05) is 0 Å². The van der Waals surface area contributed by atoms with Crippen LogP contribution in [0.2, 0.25) is 0 Å². The SMILES string of the molecule is CCn1c(-c2cccc(F)c2)nn(CC#CI)c1=O. The molecular weight excluding hydrogens is 360 g/mol. The van der Waals surface area contributed by atoms with Gasteiger partial charge in [0.05, 0.1) is 0 Å². The van der Waals surface area contributed by atoms with Gasteiger partial charge in [0.15, 0.2) is 5.82 Å². The highest BCUT2D eigenvalue weighted by Crippen LogP contribution is 2.16. The Kier molecular flexibility index (Phi) is 4.37. The third-order valence-electron chi connectivity index (χ3n) is 2.62. The molecular formula is C13H11FIN3O. The number of benzene rings is 1. The Morgan fingerprint density at radius 2 is 2.26 bits per heavy atom. The third kappa shape index (κ3) is 2.87. The molecule has 0 bridgehead atoms. The molecule has 0 fully saturated rings. The summed E-state index contributed by atoms with van der Waals surface area (Å²) in [6.07, 6.45) is 0. The van der Waals surface area contributed by atoms with Crippen LogP contribution >= 0.6 is 22.6 Å². The summed E-state index contributed by atoms with van der Waals surface area (Å²) in [7, 11) is 0. The van der Waals surface area contributed by atoms with E-state index in [1.54, 1.807) is 12.1 Å². The van der Waals surface area contributed by atoms with E-state index in [2.05, 4.69) is 14.9 Å². The van der Waals surface area contributed by atoms with Crippen molar-refractivity contribution in [2.24, 2.45) is 0 Å². The first-order valence-electron chi connectivity index (χ1n) is 5.69. The Labute approximate surface area is 123 Å². The lowest BCUT2D eigenvalue weighted by atomic mass is 10.2. The summed E-state index contributed by atoms with van der Waals surface area (Å²) >= 11 is 1.91. The van der Waals surface area contributed by atoms with Crippen LogP contribution in [0.1, 0.15) is 6.92 Å². The van der Waals surface area contributed by atoms with Gasteiger partial charge >= 0.3 is 5.69 Å². The average molecular weight is 371 g/mol. The van der Waals surface area contributed by atoms with E-state index < -0.39 is 0 Å². The zero-order valence-corrected chi connectivity index (χ0v) is 12.4. The first kappa shape index (κ1) is 13.8. The molecule has 0 aliphatic carbocycles. The second-order valence-corrected chi connectivity index (χ2v) is 4.33. The summed E-state index contributed by atoms with van der Waals surface area (Å²) in [6, 6.07) is 6.04. The number of hydrogen-bond acceptors (Lipinski definition) is 2. The molecule has 0 aliphatic heterocycles. The first-order chi connectivity index (χ1) is 9.17. The fourth-order valence-corrected chi connectivity index (χ4v) is 1.95. The molecule has 0 spiro atoms. The molecule has 0 radical (unpaired) electrons. The zero-order valence-electron chi connectivity index (χ0n) is 10.2. The molecule has 0 aliphatic rings. The van der Waals surface area contributed by atoms with E-state index in [-0.39, 0.29) is 18.1 Å². The number of aromatic nitrogens is 3. The Morgan fingerprint density at radius 3 is 2.89 bits per heavy atom. The Balaban J connectivity index is 2.56. The van der Waals surface area contributed by atoms with Crippen molar-refractivity contribution < 1.29 is 4.39 Å². The molecule has 2 rings (SSSR count). The molecule has 0 saturated carbocycles. The predicted octanol–water partition coefficient (Wildman–Crippen LogP) is 2.27. The van der Waals surface area contributed by atoms with Gasteiger partial charge in [-0.05, 0) is 23.0 Å². The Hall–Kier alpha value is -1.62. The largest absolute Gasteiger partial charge is 0.347 e. The molecule has 1 heterocycles. The quantitative estimate of drug-likeness (QED) is 0.614. The number of nitrogens with zero attached hydrogens (tertiary/aromatic N) is 3. The summed E-state index contributed by atoms with van der Waals surface area (Å²) in [5, 5.41) is 4.22. The lowest BCUT2D eigenvalue weighted by molar-refractivity contribution is 0.627. The van der Waals surface area contributed by atoms with Crippen molar-refractivity contribution in [3.05, 3.63) is 40.6 Å². The minimum Gasteiger partial charge on any atom is -0.275 e. The van der Waals surface area contributed by atoms with Gasteiger partial charge in [0.25, 0.3) is 0 Å². The van der Waals surface area contributed by atoms with Gasteiger partial charge in [-0.1, -0.05) is 18.1 Å². The lowest BCUT2D eigenvalue weighted by Crippen LogP contribution is -2.24. The van der Waals surface area contributed by atoms with E-state index in [9.17, 15) is 9.18 Å². The molecule has 98 valence electrons. The monoisotopic (exact) mass is 371 g/mol. The van der Waals surface area contributed by atoms with E-state index in [1.165, 1.54) is 21.4 Å².